The largest absolute Gasteiger partial charge is 0.309 e. The first-order valence-corrected chi connectivity index (χ1v) is 16.3. The van der Waals surface area contributed by atoms with E-state index in [2.05, 4.69) is 12.1 Å². The number of rotatable bonds is 1. The van der Waals surface area contributed by atoms with Crippen LogP contribution in [0.5, 0.6) is 0 Å². The fourth-order valence-electron chi connectivity index (χ4n) is 9.08. The first kappa shape index (κ1) is 19.9. The zero-order chi connectivity index (χ0) is 39.8. The Hall–Kier alpha value is -6.72. The Labute approximate surface area is 295 Å². The maximum absolute atomic E-state index is 14.3. The molecule has 3 aromatic heterocycles. The third-order valence-corrected chi connectivity index (χ3v) is 10.9. The molecule has 0 bridgehead atoms. The number of aromatic nitrogens is 3. The quantitative estimate of drug-likeness (QED) is 0.179. The van der Waals surface area contributed by atoms with Crippen LogP contribution in [0.25, 0.3) is 71.6 Å². The van der Waals surface area contributed by atoms with Crippen LogP contribution in [0.15, 0.2) is 161 Å². The zero-order valence-electron chi connectivity index (χ0n) is 34.0. The summed E-state index contributed by atoms with van der Waals surface area (Å²) in [5.74, 6) is 0. The van der Waals surface area contributed by atoms with E-state index in [0.717, 1.165) is 38.9 Å². The second-order valence-corrected chi connectivity index (χ2v) is 13.0. The molecule has 7 aromatic carbocycles. The lowest BCUT2D eigenvalue weighted by atomic mass is 9.70. The highest BCUT2D eigenvalue weighted by molar-refractivity contribution is 6.10. The number of nitrogens with zero attached hydrogens (tertiary/aromatic N) is 3. The van der Waals surface area contributed by atoms with Crippen molar-refractivity contribution >= 4 is 43.6 Å². The van der Waals surface area contributed by atoms with Crippen molar-refractivity contribution < 1.29 is 11.0 Å². The van der Waals surface area contributed by atoms with Crippen molar-refractivity contribution in [1.82, 2.24) is 13.6 Å². The van der Waals surface area contributed by atoms with Crippen molar-refractivity contribution in [3.05, 3.63) is 194 Å². The Kier molecular flexibility index (Phi) is 3.53. The van der Waals surface area contributed by atoms with E-state index < -0.39 is 52.8 Å². The molecular weight excluding hydrogens is 615 g/mol. The highest BCUT2D eigenvalue weighted by Crippen LogP contribution is 2.64. The molecule has 0 N–H and O–H groups in total. The molecule has 50 heavy (non-hydrogen) atoms. The zero-order valence-corrected chi connectivity index (χ0v) is 26.0. The van der Waals surface area contributed by atoms with Gasteiger partial charge >= 0.3 is 0 Å². The summed E-state index contributed by atoms with van der Waals surface area (Å²) >= 11 is 0. The van der Waals surface area contributed by atoms with Gasteiger partial charge in [0.15, 0.2) is 0 Å². The van der Waals surface area contributed by atoms with Crippen LogP contribution >= 0.6 is 0 Å². The van der Waals surface area contributed by atoms with Gasteiger partial charge in [0.2, 0.25) is 0 Å². The fraction of sp³-hybridized carbons (Fsp3) is 0.0222. The first-order chi connectivity index (χ1) is 28.0. The normalized spacial score (nSPS) is 18.1. The molecule has 0 radical (unpaired) electrons. The average molecular weight is 648 g/mol. The van der Waals surface area contributed by atoms with Crippen molar-refractivity contribution in [1.29, 1.82) is 0 Å². The van der Waals surface area contributed by atoms with Crippen molar-refractivity contribution in [2.75, 3.05) is 0 Å². The van der Waals surface area contributed by atoms with Crippen molar-refractivity contribution in [2.24, 2.45) is 0 Å². The van der Waals surface area contributed by atoms with Gasteiger partial charge in [0.25, 0.3) is 11.1 Å². The van der Waals surface area contributed by atoms with Crippen LogP contribution in [-0.2, 0) is 5.41 Å². The second-order valence-electron chi connectivity index (χ2n) is 13.0. The van der Waals surface area contributed by atoms with Gasteiger partial charge in [-0.15, -0.1) is 0 Å². The molecule has 0 fully saturated rings. The van der Waals surface area contributed by atoms with Crippen LogP contribution in [0, 0.1) is 0 Å². The lowest BCUT2D eigenvalue weighted by Crippen LogP contribution is -2.26. The van der Waals surface area contributed by atoms with Crippen LogP contribution in [0.3, 0.4) is 0 Å². The minimum absolute atomic E-state index is 0.00361. The van der Waals surface area contributed by atoms with E-state index in [4.69, 9.17) is 8.22 Å². The van der Waals surface area contributed by atoms with Gasteiger partial charge < -0.3 is 4.57 Å². The Morgan fingerprint density at radius 2 is 1.08 bits per heavy atom. The molecule has 1 spiro atoms. The molecule has 1 unspecified atom stereocenters. The van der Waals surface area contributed by atoms with Crippen LogP contribution in [0.2, 0.25) is 0 Å². The van der Waals surface area contributed by atoms with Crippen LogP contribution in [0.1, 0.15) is 33.2 Å². The number of hydrogen-bond donors (Lipinski definition) is 0. The molecule has 1 atom stereocenters. The summed E-state index contributed by atoms with van der Waals surface area (Å²) < 4.78 is 75.4. The number of hydrogen-bond acceptors (Lipinski definition) is 2. The number of fused-ring (bicyclic) bond motifs is 18. The summed E-state index contributed by atoms with van der Waals surface area (Å²) in [6.07, 6.45) is 0. The topological polar surface area (TPSA) is 47.9 Å². The summed E-state index contributed by atoms with van der Waals surface area (Å²) in [6, 6.07) is 29.2. The summed E-state index contributed by atoms with van der Waals surface area (Å²) in [4.78, 5) is 28.0. The molecule has 0 saturated carbocycles. The highest BCUT2D eigenvalue weighted by atomic mass is 16.2. The van der Waals surface area contributed by atoms with Gasteiger partial charge in [-0.25, -0.2) is 4.52 Å². The predicted octanol–water partition coefficient (Wildman–Crippen LogP) is 8.94. The van der Waals surface area contributed by atoms with E-state index in [9.17, 15) is 12.3 Å². The molecule has 2 aliphatic carbocycles. The lowest BCUT2D eigenvalue weighted by Gasteiger charge is -2.30. The monoisotopic (exact) mass is 647 g/mol. The maximum atomic E-state index is 14.3. The molecule has 5 heteroatoms. The Morgan fingerprint density at radius 1 is 0.460 bits per heavy atom. The van der Waals surface area contributed by atoms with Gasteiger partial charge in [-0.2, -0.15) is 4.52 Å². The minimum atomic E-state index is -0.995. The van der Waals surface area contributed by atoms with Gasteiger partial charge in [-0.05, 0) is 81.4 Å². The first-order valence-electron chi connectivity index (χ1n) is 20.3. The molecule has 5 nitrogen and oxygen atoms in total. The van der Waals surface area contributed by atoms with E-state index in [0.29, 0.717) is 33.1 Å². The molecule has 10 aromatic rings. The molecule has 0 saturated heterocycles. The van der Waals surface area contributed by atoms with Crippen LogP contribution in [-0.4, -0.2) is 13.6 Å². The van der Waals surface area contributed by atoms with E-state index in [1.165, 1.54) is 4.52 Å². The molecule has 2 aliphatic rings. The maximum Gasteiger partial charge on any atom is 0.282 e. The number of para-hydroxylation sites is 3. The van der Waals surface area contributed by atoms with Crippen molar-refractivity contribution in [3.63, 3.8) is 0 Å². The van der Waals surface area contributed by atoms with Gasteiger partial charge in [-0.1, -0.05) is 109 Å². The summed E-state index contributed by atoms with van der Waals surface area (Å²) in [5.41, 5.74) is 6.82. The third kappa shape index (κ3) is 2.81. The Morgan fingerprint density at radius 3 is 1.86 bits per heavy atom. The van der Waals surface area contributed by atoms with Crippen molar-refractivity contribution in [3.8, 4) is 27.9 Å². The third-order valence-electron chi connectivity index (χ3n) is 10.9. The van der Waals surface area contributed by atoms with E-state index in [-0.39, 0.29) is 33.9 Å². The predicted molar refractivity (Wildman–Crippen MR) is 200 cm³/mol. The van der Waals surface area contributed by atoms with Gasteiger partial charge in [0.05, 0.1) is 54.9 Å². The van der Waals surface area contributed by atoms with E-state index in [1.807, 2.05) is 78.9 Å². The van der Waals surface area contributed by atoms with E-state index in [1.54, 1.807) is 21.2 Å². The molecule has 0 amide bonds. The average Bonchev–Trinajstić information content (AvgIpc) is 4.00. The van der Waals surface area contributed by atoms with E-state index >= 15 is 0 Å². The van der Waals surface area contributed by atoms with Gasteiger partial charge in [0, 0.05) is 16.3 Å². The Bertz CT molecular complexity index is 3660. The highest BCUT2D eigenvalue weighted by Gasteiger charge is 2.52. The smallest absolute Gasteiger partial charge is 0.282 e. The van der Waals surface area contributed by atoms with Gasteiger partial charge in [0.1, 0.15) is 0 Å². The summed E-state index contributed by atoms with van der Waals surface area (Å²) in [5, 5.41) is 0.836. The van der Waals surface area contributed by atoms with Crippen molar-refractivity contribution in [2.45, 2.75) is 5.41 Å². The Balaban J connectivity index is 1.27. The van der Waals surface area contributed by atoms with Gasteiger partial charge in [-0.3, -0.25) is 9.59 Å². The van der Waals surface area contributed by atoms with Crippen LogP contribution in [0.4, 0.5) is 0 Å². The SMILES string of the molecule is [2H]c1c([2H])c([2H])c2c(c1[2H])c1c([2H])c([2H])c([2H])c([2H])c1n2-c1cccc2c1-c1ccccc1C21c2ccccc2-c2cc3c(cc21)c(=O)n1c(=O)c2ccccc2n31. The number of benzene rings is 7. The standard InChI is InChI=1S/C45H25N3O2/c49-43-30-16-5-10-22-39(30)47-41-25-31-26-12-1-6-17-33(26)45(36(31)24-32(41)44(50)48(43)47)34-18-7-2-15-29(34)42-35(45)19-11-23-40(42)46-37-20-8-3-13-27(37)28-14-4-9-21-38(28)46/h1-25H/i3D,4D,8D,9D,13D,14D,20D,21D. The summed E-state index contributed by atoms with van der Waals surface area (Å²) in [6.45, 7) is 0. The summed E-state index contributed by atoms with van der Waals surface area (Å²) in [7, 11) is 0. The van der Waals surface area contributed by atoms with Crippen LogP contribution < -0.4 is 11.1 Å². The molecule has 0 aliphatic heterocycles. The molecular formula is C45H25N3O2. The molecule has 232 valence electrons. The second kappa shape index (κ2) is 8.84. The fourth-order valence-corrected chi connectivity index (χ4v) is 9.08. The molecule has 12 rings (SSSR count). The minimum Gasteiger partial charge on any atom is -0.309 e. The molecule has 3 heterocycles. The lowest BCUT2D eigenvalue weighted by molar-refractivity contribution is 0.794.